The molecule has 1 aliphatic heterocycles. The van der Waals surface area contributed by atoms with Crippen molar-refractivity contribution in [3.63, 3.8) is 0 Å². The van der Waals surface area contributed by atoms with Gasteiger partial charge in [-0.25, -0.2) is 12.4 Å². The number of aromatic nitrogens is 2. The van der Waals surface area contributed by atoms with Gasteiger partial charge in [-0.05, 0) is 25.0 Å². The lowest BCUT2D eigenvalue weighted by atomic mass is 10.2. The van der Waals surface area contributed by atoms with E-state index >= 15 is 0 Å². The van der Waals surface area contributed by atoms with Crippen molar-refractivity contribution >= 4 is 37.9 Å². The quantitative estimate of drug-likeness (QED) is 0.754. The van der Waals surface area contributed by atoms with Crippen LogP contribution in [0.4, 0.5) is 0 Å². The van der Waals surface area contributed by atoms with Crippen LogP contribution in [0.15, 0.2) is 30.3 Å². The van der Waals surface area contributed by atoms with E-state index < -0.39 is 15.9 Å². The van der Waals surface area contributed by atoms with Crippen molar-refractivity contribution in [1.29, 1.82) is 0 Å². The SMILES string of the molecule is Cn1c2ccccc2c2c1cc(C(=O)NC[C@H]1CCCO1)n2S(C)(=O)=O. The summed E-state index contributed by atoms with van der Waals surface area (Å²) in [7, 11) is -1.80. The molecule has 0 unspecified atom stereocenters. The van der Waals surface area contributed by atoms with Crippen LogP contribution in [0, 0.1) is 0 Å². The average Bonchev–Trinajstić information content (AvgIpc) is 3.30. The van der Waals surface area contributed by atoms with Crippen molar-refractivity contribution in [2.24, 2.45) is 7.05 Å². The molecule has 1 N–H and O–H groups in total. The molecule has 8 heteroatoms. The van der Waals surface area contributed by atoms with Crippen LogP contribution in [0.1, 0.15) is 23.3 Å². The Balaban J connectivity index is 1.84. The molecule has 0 aliphatic carbocycles. The monoisotopic (exact) mass is 375 g/mol. The Morgan fingerprint density at radius 1 is 1.31 bits per heavy atom. The first-order chi connectivity index (χ1) is 12.4. The zero-order valence-corrected chi connectivity index (χ0v) is 15.5. The van der Waals surface area contributed by atoms with Gasteiger partial charge in [-0.2, -0.15) is 0 Å². The number of hydrogen-bond acceptors (Lipinski definition) is 4. The fourth-order valence-corrected chi connectivity index (χ4v) is 4.70. The van der Waals surface area contributed by atoms with Crippen LogP contribution in [-0.4, -0.2) is 48.4 Å². The molecule has 1 amide bonds. The van der Waals surface area contributed by atoms with E-state index in [0.29, 0.717) is 24.2 Å². The lowest BCUT2D eigenvalue weighted by molar-refractivity contribution is 0.0853. The summed E-state index contributed by atoms with van der Waals surface area (Å²) in [6.07, 6.45) is 3.00. The van der Waals surface area contributed by atoms with Crippen molar-refractivity contribution in [1.82, 2.24) is 13.9 Å². The van der Waals surface area contributed by atoms with Crippen LogP contribution in [0.3, 0.4) is 0 Å². The number of para-hydroxylation sites is 1. The van der Waals surface area contributed by atoms with Gasteiger partial charge in [0.2, 0.25) is 10.0 Å². The summed E-state index contributed by atoms with van der Waals surface area (Å²) in [4.78, 5) is 12.7. The molecule has 3 aromatic rings. The number of carbonyl (C=O) groups is 1. The Hall–Kier alpha value is -2.32. The minimum Gasteiger partial charge on any atom is -0.376 e. The van der Waals surface area contributed by atoms with Gasteiger partial charge in [0, 0.05) is 25.6 Å². The molecular formula is C18H21N3O4S. The molecular weight excluding hydrogens is 354 g/mol. The molecule has 1 fully saturated rings. The highest BCUT2D eigenvalue weighted by molar-refractivity contribution is 7.89. The van der Waals surface area contributed by atoms with E-state index in [-0.39, 0.29) is 11.8 Å². The van der Waals surface area contributed by atoms with E-state index in [9.17, 15) is 13.2 Å². The van der Waals surface area contributed by atoms with Gasteiger partial charge >= 0.3 is 0 Å². The van der Waals surface area contributed by atoms with Gasteiger partial charge in [-0.3, -0.25) is 4.79 Å². The number of nitrogens with zero attached hydrogens (tertiary/aromatic N) is 2. The highest BCUT2D eigenvalue weighted by atomic mass is 32.2. The van der Waals surface area contributed by atoms with Crippen LogP contribution in [0.2, 0.25) is 0 Å². The summed E-state index contributed by atoms with van der Waals surface area (Å²) in [5.41, 5.74) is 2.28. The zero-order chi connectivity index (χ0) is 18.5. The third-order valence-corrected chi connectivity index (χ3v) is 5.94. The molecule has 2 aromatic heterocycles. The van der Waals surface area contributed by atoms with Crippen LogP contribution < -0.4 is 5.32 Å². The second-order valence-corrected chi connectivity index (χ2v) is 8.54. The van der Waals surface area contributed by atoms with Gasteiger partial charge in [-0.1, -0.05) is 18.2 Å². The van der Waals surface area contributed by atoms with E-state index in [1.807, 2.05) is 35.9 Å². The van der Waals surface area contributed by atoms with Crippen LogP contribution in [0.5, 0.6) is 0 Å². The van der Waals surface area contributed by atoms with E-state index in [2.05, 4.69) is 5.32 Å². The lowest BCUT2D eigenvalue weighted by Gasteiger charge is -2.12. The number of amides is 1. The fraction of sp³-hybridized carbons (Fsp3) is 0.389. The summed E-state index contributed by atoms with van der Waals surface area (Å²) < 4.78 is 33.6. The standard InChI is InChI=1S/C18H21N3O4S/c1-20-14-8-4-3-7-13(14)17-15(20)10-16(21(17)26(2,23)24)18(22)19-11-12-6-5-9-25-12/h3-4,7-8,10,12H,5-6,9,11H2,1-2H3,(H,19,22)/t12-/m1/s1. The van der Waals surface area contributed by atoms with Crippen molar-refractivity contribution in [2.75, 3.05) is 19.4 Å². The molecule has 0 bridgehead atoms. The Labute approximate surface area is 151 Å². The molecule has 1 saturated heterocycles. The number of benzene rings is 1. The summed E-state index contributed by atoms with van der Waals surface area (Å²) in [6, 6.07) is 9.20. The van der Waals surface area contributed by atoms with E-state index in [1.165, 1.54) is 0 Å². The third kappa shape index (κ3) is 2.69. The Kier molecular flexibility index (Phi) is 4.04. The highest BCUT2D eigenvalue weighted by Gasteiger charge is 2.26. The fourth-order valence-electron chi connectivity index (χ4n) is 3.68. The predicted octanol–water partition coefficient (Wildman–Crippen LogP) is 1.85. The number of fused-ring (bicyclic) bond motifs is 3. The average molecular weight is 375 g/mol. The van der Waals surface area contributed by atoms with Gasteiger partial charge in [-0.15, -0.1) is 0 Å². The minimum atomic E-state index is -3.67. The topological polar surface area (TPSA) is 82.3 Å². The Morgan fingerprint density at radius 2 is 2.08 bits per heavy atom. The third-order valence-electron chi connectivity index (χ3n) is 4.90. The van der Waals surface area contributed by atoms with Crippen LogP contribution in [-0.2, 0) is 21.8 Å². The normalized spacial score (nSPS) is 18.0. The Bertz CT molecular complexity index is 1100. The Morgan fingerprint density at radius 3 is 2.77 bits per heavy atom. The van der Waals surface area contributed by atoms with Crippen molar-refractivity contribution < 1.29 is 17.9 Å². The molecule has 1 atom stereocenters. The smallest absolute Gasteiger partial charge is 0.269 e. The van der Waals surface area contributed by atoms with E-state index in [1.54, 1.807) is 6.07 Å². The molecule has 0 radical (unpaired) electrons. The molecule has 138 valence electrons. The maximum atomic E-state index is 12.7. The lowest BCUT2D eigenvalue weighted by Crippen LogP contribution is -2.33. The maximum absolute atomic E-state index is 12.7. The number of rotatable bonds is 4. The first kappa shape index (κ1) is 17.1. The van der Waals surface area contributed by atoms with Crippen LogP contribution >= 0.6 is 0 Å². The number of ether oxygens (including phenoxy) is 1. The van der Waals surface area contributed by atoms with Crippen molar-refractivity contribution in [3.05, 3.63) is 36.0 Å². The van der Waals surface area contributed by atoms with Gasteiger partial charge < -0.3 is 14.6 Å². The second kappa shape index (κ2) is 6.14. The molecule has 0 spiro atoms. The largest absolute Gasteiger partial charge is 0.376 e. The van der Waals surface area contributed by atoms with Gasteiger partial charge in [0.05, 0.1) is 28.9 Å². The molecule has 1 aliphatic rings. The first-order valence-electron chi connectivity index (χ1n) is 8.57. The molecule has 26 heavy (non-hydrogen) atoms. The highest BCUT2D eigenvalue weighted by Crippen LogP contribution is 2.32. The number of nitrogens with one attached hydrogen (secondary N) is 1. The summed E-state index contributed by atoms with van der Waals surface area (Å²) >= 11 is 0. The molecule has 3 heterocycles. The molecule has 0 saturated carbocycles. The number of aryl methyl sites for hydroxylation is 1. The van der Waals surface area contributed by atoms with Crippen molar-refractivity contribution in [2.45, 2.75) is 18.9 Å². The first-order valence-corrected chi connectivity index (χ1v) is 10.4. The van der Waals surface area contributed by atoms with Crippen molar-refractivity contribution in [3.8, 4) is 0 Å². The van der Waals surface area contributed by atoms with Gasteiger partial charge in [0.25, 0.3) is 5.91 Å². The van der Waals surface area contributed by atoms with Gasteiger partial charge in [0.15, 0.2) is 0 Å². The summed E-state index contributed by atoms with van der Waals surface area (Å²) in [6.45, 7) is 1.08. The molecule has 1 aromatic carbocycles. The van der Waals surface area contributed by atoms with Gasteiger partial charge in [0.1, 0.15) is 5.69 Å². The summed E-state index contributed by atoms with van der Waals surface area (Å²) in [5.74, 6) is -0.411. The van der Waals surface area contributed by atoms with Crippen LogP contribution in [0.25, 0.3) is 21.9 Å². The maximum Gasteiger partial charge on any atom is 0.269 e. The minimum absolute atomic E-state index is 0.00385. The summed E-state index contributed by atoms with van der Waals surface area (Å²) in [5, 5.41) is 3.61. The predicted molar refractivity (Wildman–Crippen MR) is 100.0 cm³/mol. The second-order valence-electron chi connectivity index (χ2n) is 6.71. The van der Waals surface area contributed by atoms with E-state index in [0.717, 1.165) is 34.0 Å². The number of hydrogen-bond donors (Lipinski definition) is 1. The molecule has 7 nitrogen and oxygen atoms in total. The molecule has 4 rings (SSSR count). The van der Waals surface area contributed by atoms with E-state index in [4.69, 9.17) is 4.74 Å². The number of carbonyl (C=O) groups excluding carboxylic acids is 1. The zero-order valence-electron chi connectivity index (χ0n) is 14.7.